The van der Waals surface area contributed by atoms with Crippen molar-refractivity contribution < 1.29 is 14.7 Å². The van der Waals surface area contributed by atoms with Crippen molar-refractivity contribution in [2.75, 3.05) is 0 Å². The minimum absolute atomic E-state index is 0.223. The Balaban J connectivity index is 1.95. The summed E-state index contributed by atoms with van der Waals surface area (Å²) in [6, 6.07) is 3.12. The summed E-state index contributed by atoms with van der Waals surface area (Å²) in [5.74, 6) is -0.853. The molecular weight excluding hydrogens is 262 g/mol. The van der Waals surface area contributed by atoms with E-state index >= 15 is 0 Å². The lowest BCUT2D eigenvalue weighted by atomic mass is 10.2. The standard InChI is InChI=1S/C12H11N5O3/c18-11(19)4-2-8-1-3-9(13-5-8)12(20)14-6-10-15-7-16-17-10/h1-5,7H,6H2,(H,14,20)(H,18,19)(H,15,16,17). The average Bonchev–Trinajstić information content (AvgIpc) is 2.96. The lowest BCUT2D eigenvalue weighted by Gasteiger charge is -2.02. The van der Waals surface area contributed by atoms with E-state index in [0.29, 0.717) is 11.4 Å². The molecule has 2 heterocycles. The van der Waals surface area contributed by atoms with Crippen molar-refractivity contribution in [1.29, 1.82) is 0 Å². The summed E-state index contributed by atoms with van der Waals surface area (Å²) in [6.07, 6.45) is 5.17. The first-order valence-corrected chi connectivity index (χ1v) is 5.64. The maximum Gasteiger partial charge on any atom is 0.328 e. The Morgan fingerprint density at radius 1 is 1.35 bits per heavy atom. The number of rotatable bonds is 5. The van der Waals surface area contributed by atoms with Gasteiger partial charge in [-0.3, -0.25) is 14.9 Å². The molecule has 2 rings (SSSR count). The average molecular weight is 273 g/mol. The first-order valence-electron chi connectivity index (χ1n) is 5.64. The molecule has 2 aromatic rings. The number of carbonyl (C=O) groups is 2. The number of nitrogens with one attached hydrogen (secondary N) is 2. The van der Waals surface area contributed by atoms with E-state index < -0.39 is 5.97 Å². The van der Waals surface area contributed by atoms with E-state index in [4.69, 9.17) is 5.11 Å². The van der Waals surface area contributed by atoms with Gasteiger partial charge in [-0.15, -0.1) is 0 Å². The van der Waals surface area contributed by atoms with E-state index in [2.05, 4.69) is 25.5 Å². The number of H-pyrrole nitrogens is 1. The Morgan fingerprint density at radius 3 is 2.80 bits per heavy atom. The summed E-state index contributed by atoms with van der Waals surface area (Å²) in [7, 11) is 0. The van der Waals surface area contributed by atoms with E-state index in [9.17, 15) is 9.59 Å². The van der Waals surface area contributed by atoms with E-state index in [1.54, 1.807) is 6.07 Å². The fraction of sp³-hybridized carbons (Fsp3) is 0.0833. The molecule has 0 unspecified atom stereocenters. The molecule has 0 saturated carbocycles. The molecule has 0 fully saturated rings. The molecule has 102 valence electrons. The Bertz CT molecular complexity index is 619. The molecular formula is C12H11N5O3. The van der Waals surface area contributed by atoms with E-state index in [1.165, 1.54) is 24.7 Å². The van der Waals surface area contributed by atoms with Crippen LogP contribution in [0.15, 0.2) is 30.7 Å². The molecule has 0 aliphatic carbocycles. The first kappa shape index (κ1) is 13.4. The number of pyridine rings is 1. The van der Waals surface area contributed by atoms with Crippen LogP contribution in [-0.4, -0.2) is 37.1 Å². The fourth-order valence-corrected chi connectivity index (χ4v) is 1.38. The van der Waals surface area contributed by atoms with Gasteiger partial charge in [-0.1, -0.05) is 6.07 Å². The Kier molecular flexibility index (Phi) is 4.17. The van der Waals surface area contributed by atoms with Crippen LogP contribution in [0.3, 0.4) is 0 Å². The molecule has 0 saturated heterocycles. The normalized spacial score (nSPS) is 10.6. The van der Waals surface area contributed by atoms with Gasteiger partial charge in [-0.05, 0) is 17.7 Å². The molecule has 8 heteroatoms. The third kappa shape index (κ3) is 3.73. The topological polar surface area (TPSA) is 121 Å². The summed E-state index contributed by atoms with van der Waals surface area (Å²) in [6.45, 7) is 0.223. The van der Waals surface area contributed by atoms with Crippen LogP contribution in [-0.2, 0) is 11.3 Å². The molecule has 0 bridgehead atoms. The van der Waals surface area contributed by atoms with Gasteiger partial charge in [0.1, 0.15) is 17.8 Å². The van der Waals surface area contributed by atoms with Crippen LogP contribution in [0.1, 0.15) is 21.9 Å². The quantitative estimate of drug-likeness (QED) is 0.670. The first-order chi connectivity index (χ1) is 9.65. The zero-order valence-electron chi connectivity index (χ0n) is 10.3. The molecule has 8 nitrogen and oxygen atoms in total. The third-order valence-corrected chi connectivity index (χ3v) is 2.32. The fourth-order valence-electron chi connectivity index (χ4n) is 1.38. The van der Waals surface area contributed by atoms with Crippen LogP contribution >= 0.6 is 0 Å². The van der Waals surface area contributed by atoms with Crippen molar-refractivity contribution in [3.8, 4) is 0 Å². The minimum atomic E-state index is -1.04. The van der Waals surface area contributed by atoms with Gasteiger partial charge >= 0.3 is 5.97 Å². The van der Waals surface area contributed by atoms with E-state index in [-0.39, 0.29) is 18.1 Å². The second-order valence-corrected chi connectivity index (χ2v) is 3.76. The summed E-state index contributed by atoms with van der Waals surface area (Å²) in [4.78, 5) is 30.0. The van der Waals surface area contributed by atoms with Gasteiger partial charge in [0.25, 0.3) is 5.91 Å². The van der Waals surface area contributed by atoms with Crippen molar-refractivity contribution in [3.63, 3.8) is 0 Å². The Hall–Kier alpha value is -3.03. The van der Waals surface area contributed by atoms with Crippen molar-refractivity contribution in [2.24, 2.45) is 0 Å². The largest absolute Gasteiger partial charge is 0.478 e. The minimum Gasteiger partial charge on any atom is -0.478 e. The molecule has 0 aliphatic heterocycles. The highest BCUT2D eigenvalue weighted by molar-refractivity contribution is 5.92. The van der Waals surface area contributed by atoms with Crippen molar-refractivity contribution in [2.45, 2.75) is 6.54 Å². The number of aromatic nitrogens is 4. The molecule has 3 N–H and O–H groups in total. The van der Waals surface area contributed by atoms with Gasteiger partial charge in [0.2, 0.25) is 0 Å². The highest BCUT2D eigenvalue weighted by atomic mass is 16.4. The van der Waals surface area contributed by atoms with Crippen molar-refractivity contribution in [1.82, 2.24) is 25.5 Å². The number of hydrogen-bond donors (Lipinski definition) is 3. The number of aromatic amines is 1. The highest BCUT2D eigenvalue weighted by Gasteiger charge is 2.07. The molecule has 0 aromatic carbocycles. The van der Waals surface area contributed by atoms with E-state index in [0.717, 1.165) is 6.08 Å². The number of nitrogens with zero attached hydrogens (tertiary/aromatic N) is 3. The third-order valence-electron chi connectivity index (χ3n) is 2.32. The van der Waals surface area contributed by atoms with Crippen LogP contribution in [0.5, 0.6) is 0 Å². The zero-order valence-corrected chi connectivity index (χ0v) is 10.3. The van der Waals surface area contributed by atoms with Crippen LogP contribution in [0, 0.1) is 0 Å². The smallest absolute Gasteiger partial charge is 0.328 e. The summed E-state index contributed by atoms with van der Waals surface area (Å²) in [5.41, 5.74) is 0.830. The summed E-state index contributed by atoms with van der Waals surface area (Å²) in [5, 5.41) is 17.4. The molecule has 2 aromatic heterocycles. The second kappa shape index (κ2) is 6.23. The maximum absolute atomic E-state index is 11.8. The number of carbonyl (C=O) groups excluding carboxylic acids is 1. The molecule has 0 spiro atoms. The monoisotopic (exact) mass is 273 g/mol. The molecule has 20 heavy (non-hydrogen) atoms. The Morgan fingerprint density at radius 2 is 2.20 bits per heavy atom. The summed E-state index contributed by atoms with van der Waals surface area (Å²) >= 11 is 0. The number of aliphatic carboxylic acids is 1. The predicted octanol–water partition coefficient (Wildman–Crippen LogP) is 0.227. The predicted molar refractivity (Wildman–Crippen MR) is 68.5 cm³/mol. The lowest BCUT2D eigenvalue weighted by molar-refractivity contribution is -0.131. The van der Waals surface area contributed by atoms with Gasteiger partial charge in [0.05, 0.1) is 6.54 Å². The van der Waals surface area contributed by atoms with Gasteiger partial charge < -0.3 is 10.4 Å². The van der Waals surface area contributed by atoms with Gasteiger partial charge in [0, 0.05) is 12.3 Å². The zero-order chi connectivity index (χ0) is 14.4. The molecule has 0 radical (unpaired) electrons. The maximum atomic E-state index is 11.8. The van der Waals surface area contributed by atoms with Gasteiger partial charge in [0.15, 0.2) is 0 Å². The van der Waals surface area contributed by atoms with Gasteiger partial charge in [-0.25, -0.2) is 9.78 Å². The van der Waals surface area contributed by atoms with Gasteiger partial charge in [-0.2, -0.15) is 5.10 Å². The number of carboxylic acid groups (broad SMARTS) is 1. The number of carboxylic acids is 1. The van der Waals surface area contributed by atoms with Crippen LogP contribution in [0.25, 0.3) is 6.08 Å². The van der Waals surface area contributed by atoms with Crippen molar-refractivity contribution in [3.05, 3.63) is 47.8 Å². The second-order valence-electron chi connectivity index (χ2n) is 3.76. The SMILES string of the molecule is O=C(O)C=Cc1ccc(C(=O)NCc2ncn[nH]2)nc1. The van der Waals surface area contributed by atoms with Crippen LogP contribution in [0.2, 0.25) is 0 Å². The van der Waals surface area contributed by atoms with Crippen LogP contribution < -0.4 is 5.32 Å². The highest BCUT2D eigenvalue weighted by Crippen LogP contribution is 2.03. The molecule has 0 aliphatic rings. The number of hydrogen-bond acceptors (Lipinski definition) is 5. The Labute approximate surface area is 113 Å². The van der Waals surface area contributed by atoms with E-state index in [1.807, 2.05) is 0 Å². The molecule has 0 atom stereocenters. The lowest BCUT2D eigenvalue weighted by Crippen LogP contribution is -2.24. The number of amides is 1. The van der Waals surface area contributed by atoms with Crippen molar-refractivity contribution >= 4 is 18.0 Å². The van der Waals surface area contributed by atoms with Crippen LogP contribution in [0.4, 0.5) is 0 Å². The molecule has 1 amide bonds. The summed E-state index contributed by atoms with van der Waals surface area (Å²) < 4.78 is 0.